The van der Waals surface area contributed by atoms with Crippen LogP contribution in [0.25, 0.3) is 11.1 Å². The maximum Gasteiger partial charge on any atom is 0.200 e. The highest BCUT2D eigenvalue weighted by molar-refractivity contribution is 6.32. The van der Waals surface area contributed by atoms with Gasteiger partial charge in [0.05, 0.1) is 23.7 Å². The second-order valence-corrected chi connectivity index (χ2v) is 4.28. The predicted octanol–water partition coefficient (Wildman–Crippen LogP) is 4.16. The van der Waals surface area contributed by atoms with Gasteiger partial charge in [0.25, 0.3) is 0 Å². The Hall–Kier alpha value is -2.20. The molecule has 0 N–H and O–H groups in total. The SMILES string of the molecule is N#CCc1ccc(-c2c(F)c(F)c(F)c(F)c2F)c(Cl)n1. The van der Waals surface area contributed by atoms with Gasteiger partial charge in [-0.3, -0.25) is 0 Å². The molecule has 2 aromatic rings. The maximum atomic E-state index is 13.7. The number of hydrogen-bond donors (Lipinski definition) is 0. The first-order chi connectivity index (χ1) is 9.88. The van der Waals surface area contributed by atoms with E-state index in [4.69, 9.17) is 16.9 Å². The van der Waals surface area contributed by atoms with E-state index in [9.17, 15) is 22.0 Å². The summed E-state index contributed by atoms with van der Waals surface area (Å²) in [6, 6.07) is 4.03. The zero-order chi connectivity index (χ0) is 15.7. The molecule has 0 aliphatic carbocycles. The first kappa shape index (κ1) is 15.2. The minimum absolute atomic E-state index is 0.114. The third-order valence-corrected chi connectivity index (χ3v) is 2.93. The van der Waals surface area contributed by atoms with Crippen molar-refractivity contribution in [3.05, 3.63) is 52.1 Å². The number of pyridine rings is 1. The molecule has 2 nitrogen and oxygen atoms in total. The van der Waals surface area contributed by atoms with Crippen LogP contribution in [0, 0.1) is 40.4 Å². The van der Waals surface area contributed by atoms with Gasteiger partial charge < -0.3 is 0 Å². The van der Waals surface area contributed by atoms with Crippen molar-refractivity contribution >= 4 is 11.6 Å². The molecule has 1 aromatic carbocycles. The molecular weight excluding hydrogens is 315 g/mol. The van der Waals surface area contributed by atoms with Crippen LogP contribution >= 0.6 is 11.6 Å². The average molecular weight is 319 g/mol. The van der Waals surface area contributed by atoms with Crippen molar-refractivity contribution in [1.82, 2.24) is 4.98 Å². The first-order valence-electron chi connectivity index (χ1n) is 5.42. The fourth-order valence-corrected chi connectivity index (χ4v) is 1.95. The Morgan fingerprint density at radius 1 is 0.952 bits per heavy atom. The molecule has 0 saturated heterocycles. The van der Waals surface area contributed by atoms with Gasteiger partial charge in [0, 0.05) is 5.56 Å². The molecule has 0 atom stereocenters. The van der Waals surface area contributed by atoms with Crippen LogP contribution in [0.4, 0.5) is 22.0 Å². The number of benzene rings is 1. The summed E-state index contributed by atoms with van der Waals surface area (Å²) in [5, 5.41) is 8.03. The molecule has 0 bridgehead atoms. The van der Waals surface area contributed by atoms with Gasteiger partial charge in [-0.1, -0.05) is 11.6 Å². The number of nitriles is 1. The molecule has 0 aliphatic rings. The van der Waals surface area contributed by atoms with Crippen LogP contribution in [0.15, 0.2) is 12.1 Å². The minimum Gasteiger partial charge on any atom is -0.239 e. The van der Waals surface area contributed by atoms with Gasteiger partial charge in [-0.15, -0.1) is 0 Å². The molecule has 0 saturated carbocycles. The lowest BCUT2D eigenvalue weighted by Crippen LogP contribution is -2.05. The number of aromatic nitrogens is 1. The number of hydrogen-bond acceptors (Lipinski definition) is 2. The topological polar surface area (TPSA) is 36.7 Å². The fourth-order valence-electron chi connectivity index (χ4n) is 1.68. The Kier molecular flexibility index (Phi) is 4.09. The molecule has 0 aliphatic heterocycles. The van der Waals surface area contributed by atoms with Gasteiger partial charge in [0.15, 0.2) is 23.3 Å². The summed E-state index contributed by atoms with van der Waals surface area (Å²) in [6.07, 6.45) is -0.114. The largest absolute Gasteiger partial charge is 0.239 e. The molecular formula is C13H4ClF5N2. The zero-order valence-corrected chi connectivity index (χ0v) is 10.8. The van der Waals surface area contributed by atoms with Crippen LogP contribution in [0.1, 0.15) is 5.69 Å². The fraction of sp³-hybridized carbons (Fsp3) is 0.0769. The van der Waals surface area contributed by atoms with Crippen LogP contribution in [0.5, 0.6) is 0 Å². The summed E-state index contributed by atoms with van der Waals surface area (Å²) in [5.74, 6) is -10.4. The number of halogens is 6. The lowest BCUT2D eigenvalue weighted by Gasteiger charge is -2.10. The summed E-state index contributed by atoms with van der Waals surface area (Å²) < 4.78 is 66.6. The summed E-state index contributed by atoms with van der Waals surface area (Å²) in [4.78, 5) is 3.67. The van der Waals surface area contributed by atoms with E-state index in [1.807, 2.05) is 0 Å². The van der Waals surface area contributed by atoms with Crippen LogP contribution in [-0.4, -0.2) is 4.98 Å². The van der Waals surface area contributed by atoms with E-state index in [1.165, 1.54) is 6.07 Å². The lowest BCUT2D eigenvalue weighted by molar-refractivity contribution is 0.381. The smallest absolute Gasteiger partial charge is 0.200 e. The van der Waals surface area contributed by atoms with Gasteiger partial charge in [-0.05, 0) is 12.1 Å². The minimum atomic E-state index is -2.25. The van der Waals surface area contributed by atoms with Crippen LogP contribution in [-0.2, 0) is 6.42 Å². The van der Waals surface area contributed by atoms with E-state index >= 15 is 0 Å². The third-order valence-electron chi connectivity index (χ3n) is 2.65. The Balaban J connectivity index is 2.71. The average Bonchev–Trinajstić information content (AvgIpc) is 2.46. The summed E-state index contributed by atoms with van der Waals surface area (Å²) in [5.41, 5.74) is -1.41. The van der Waals surface area contributed by atoms with E-state index in [0.717, 1.165) is 6.07 Å². The monoisotopic (exact) mass is 318 g/mol. The maximum absolute atomic E-state index is 13.7. The Morgan fingerprint density at radius 2 is 1.48 bits per heavy atom. The molecule has 21 heavy (non-hydrogen) atoms. The van der Waals surface area contributed by atoms with Gasteiger partial charge in [0.2, 0.25) is 5.82 Å². The number of nitrogens with zero attached hydrogens (tertiary/aromatic N) is 2. The molecule has 1 heterocycles. The van der Waals surface area contributed by atoms with Crippen LogP contribution in [0.2, 0.25) is 5.15 Å². The molecule has 2 rings (SSSR count). The van der Waals surface area contributed by atoms with Gasteiger partial charge in [-0.25, -0.2) is 26.9 Å². The Bertz CT molecular complexity index is 741. The van der Waals surface area contributed by atoms with Gasteiger partial charge in [0.1, 0.15) is 5.15 Å². The van der Waals surface area contributed by atoms with Crippen molar-refractivity contribution in [2.45, 2.75) is 6.42 Å². The highest BCUT2D eigenvalue weighted by Crippen LogP contribution is 2.34. The molecule has 0 unspecified atom stereocenters. The highest BCUT2D eigenvalue weighted by atomic mass is 35.5. The molecule has 0 amide bonds. The Morgan fingerprint density at radius 3 is 1.95 bits per heavy atom. The Labute approximate surface area is 120 Å². The second-order valence-electron chi connectivity index (χ2n) is 3.92. The van der Waals surface area contributed by atoms with Crippen molar-refractivity contribution in [2.24, 2.45) is 0 Å². The van der Waals surface area contributed by atoms with Crippen LogP contribution < -0.4 is 0 Å². The normalized spacial score (nSPS) is 10.5. The van der Waals surface area contributed by atoms with Crippen molar-refractivity contribution in [2.75, 3.05) is 0 Å². The van der Waals surface area contributed by atoms with E-state index in [-0.39, 0.29) is 12.1 Å². The third kappa shape index (κ3) is 2.54. The second kappa shape index (κ2) is 5.66. The van der Waals surface area contributed by atoms with E-state index in [1.54, 1.807) is 6.07 Å². The van der Waals surface area contributed by atoms with Gasteiger partial charge in [-0.2, -0.15) is 5.26 Å². The predicted molar refractivity (Wildman–Crippen MR) is 63.8 cm³/mol. The van der Waals surface area contributed by atoms with Crippen molar-refractivity contribution in [3.8, 4) is 17.2 Å². The van der Waals surface area contributed by atoms with E-state index in [2.05, 4.69) is 4.98 Å². The zero-order valence-electron chi connectivity index (χ0n) is 10.0. The molecule has 108 valence electrons. The molecule has 0 radical (unpaired) electrons. The lowest BCUT2D eigenvalue weighted by atomic mass is 10.0. The van der Waals surface area contributed by atoms with E-state index in [0.29, 0.717) is 0 Å². The summed E-state index contributed by atoms with van der Waals surface area (Å²) in [7, 11) is 0. The molecule has 0 fully saturated rings. The van der Waals surface area contributed by atoms with Crippen molar-refractivity contribution < 1.29 is 22.0 Å². The summed E-state index contributed by atoms with van der Waals surface area (Å²) >= 11 is 5.70. The standard InChI is InChI=1S/C13H4ClF5N2/c14-13-6(2-1-5(21-13)3-4-20)7-8(15)10(17)12(19)11(18)9(7)16/h1-2H,3H2. The molecule has 1 aromatic heterocycles. The summed E-state index contributed by atoms with van der Waals surface area (Å²) in [6.45, 7) is 0. The quantitative estimate of drug-likeness (QED) is 0.361. The van der Waals surface area contributed by atoms with Crippen molar-refractivity contribution in [3.63, 3.8) is 0 Å². The van der Waals surface area contributed by atoms with Crippen LogP contribution in [0.3, 0.4) is 0 Å². The van der Waals surface area contributed by atoms with Gasteiger partial charge >= 0.3 is 0 Å². The molecule has 0 spiro atoms. The first-order valence-corrected chi connectivity index (χ1v) is 5.80. The van der Waals surface area contributed by atoms with Crippen molar-refractivity contribution in [1.29, 1.82) is 5.26 Å². The van der Waals surface area contributed by atoms with E-state index < -0.39 is 45.4 Å². The number of rotatable bonds is 2. The highest BCUT2D eigenvalue weighted by Gasteiger charge is 2.27. The molecule has 8 heteroatoms.